The number of hydrogen-bond acceptors (Lipinski definition) is 2. The van der Waals surface area contributed by atoms with Crippen LogP contribution in [0.4, 0.5) is 5.69 Å². The molecule has 18 heavy (non-hydrogen) atoms. The van der Waals surface area contributed by atoms with Crippen molar-refractivity contribution in [3.63, 3.8) is 0 Å². The molecule has 0 aliphatic carbocycles. The predicted molar refractivity (Wildman–Crippen MR) is 70.6 cm³/mol. The molecule has 4 heteroatoms. The zero-order valence-electron chi connectivity index (χ0n) is 9.35. The van der Waals surface area contributed by atoms with Gasteiger partial charge in [-0.05, 0) is 24.3 Å². The number of halogens is 1. The van der Waals surface area contributed by atoms with Crippen molar-refractivity contribution in [1.29, 1.82) is 5.26 Å². The van der Waals surface area contributed by atoms with Gasteiger partial charge in [0.1, 0.15) is 6.07 Å². The number of amides is 1. The van der Waals surface area contributed by atoms with Crippen LogP contribution in [0, 0.1) is 11.3 Å². The third-order valence-electron chi connectivity index (χ3n) is 2.41. The second kappa shape index (κ2) is 5.35. The molecular weight excluding hydrogens is 248 g/mol. The molecule has 2 rings (SSSR count). The van der Waals surface area contributed by atoms with Crippen LogP contribution in [0.5, 0.6) is 0 Å². The van der Waals surface area contributed by atoms with E-state index in [4.69, 9.17) is 16.9 Å². The zero-order valence-corrected chi connectivity index (χ0v) is 10.1. The summed E-state index contributed by atoms with van der Waals surface area (Å²) < 4.78 is 0. The third kappa shape index (κ3) is 2.50. The Morgan fingerprint density at radius 1 is 1.11 bits per heavy atom. The van der Waals surface area contributed by atoms with Gasteiger partial charge in [0.05, 0.1) is 16.3 Å². The van der Waals surface area contributed by atoms with E-state index in [9.17, 15) is 4.79 Å². The van der Waals surface area contributed by atoms with Crippen molar-refractivity contribution in [2.24, 2.45) is 0 Å². The summed E-state index contributed by atoms with van der Waals surface area (Å²) in [7, 11) is 0. The average molecular weight is 257 g/mol. The van der Waals surface area contributed by atoms with Crippen molar-refractivity contribution >= 4 is 23.2 Å². The molecule has 0 spiro atoms. The van der Waals surface area contributed by atoms with Gasteiger partial charge in [0.25, 0.3) is 5.91 Å². The first-order valence-electron chi connectivity index (χ1n) is 5.27. The van der Waals surface area contributed by atoms with Crippen LogP contribution in [0.1, 0.15) is 15.9 Å². The van der Waals surface area contributed by atoms with E-state index in [0.29, 0.717) is 16.3 Å². The molecule has 0 radical (unpaired) electrons. The first kappa shape index (κ1) is 12.2. The number of hydrogen-bond donors (Lipinski definition) is 1. The van der Waals surface area contributed by atoms with E-state index in [2.05, 4.69) is 5.32 Å². The van der Waals surface area contributed by atoms with Gasteiger partial charge in [0, 0.05) is 5.56 Å². The minimum absolute atomic E-state index is 0.267. The van der Waals surface area contributed by atoms with E-state index in [-0.39, 0.29) is 11.5 Å². The van der Waals surface area contributed by atoms with Gasteiger partial charge in [-0.2, -0.15) is 5.26 Å². The summed E-state index contributed by atoms with van der Waals surface area (Å²) in [5.74, 6) is -0.269. The van der Waals surface area contributed by atoms with Gasteiger partial charge in [0.2, 0.25) is 0 Å². The van der Waals surface area contributed by atoms with Crippen molar-refractivity contribution in [1.82, 2.24) is 0 Å². The number of carbonyl (C=O) groups excluding carboxylic acids is 1. The minimum Gasteiger partial charge on any atom is -0.321 e. The van der Waals surface area contributed by atoms with Crippen LogP contribution in [0.2, 0.25) is 5.02 Å². The van der Waals surface area contributed by atoms with Crippen LogP contribution in [0.25, 0.3) is 0 Å². The molecule has 0 aliphatic heterocycles. The minimum atomic E-state index is -0.269. The van der Waals surface area contributed by atoms with E-state index in [1.165, 1.54) is 0 Å². The summed E-state index contributed by atoms with van der Waals surface area (Å²) in [5, 5.41) is 12.0. The monoisotopic (exact) mass is 256 g/mol. The fourth-order valence-electron chi connectivity index (χ4n) is 1.53. The van der Waals surface area contributed by atoms with Gasteiger partial charge < -0.3 is 5.32 Å². The molecule has 0 saturated carbocycles. The van der Waals surface area contributed by atoms with Crippen LogP contribution in [-0.4, -0.2) is 5.91 Å². The third-order valence-corrected chi connectivity index (χ3v) is 2.72. The van der Waals surface area contributed by atoms with E-state index in [0.717, 1.165) is 0 Å². The highest BCUT2D eigenvalue weighted by Crippen LogP contribution is 2.23. The maximum atomic E-state index is 11.9. The predicted octanol–water partition coefficient (Wildman–Crippen LogP) is 3.46. The molecule has 0 bridgehead atoms. The van der Waals surface area contributed by atoms with Crippen molar-refractivity contribution in [3.05, 3.63) is 64.7 Å². The average Bonchev–Trinajstić information content (AvgIpc) is 2.40. The lowest BCUT2D eigenvalue weighted by molar-refractivity contribution is 0.102. The first-order valence-corrected chi connectivity index (χ1v) is 5.65. The number of nitrogens with one attached hydrogen (secondary N) is 1. The van der Waals surface area contributed by atoms with Gasteiger partial charge in [-0.15, -0.1) is 0 Å². The molecular formula is C14H9ClN2O. The smallest absolute Gasteiger partial charge is 0.255 e. The lowest BCUT2D eigenvalue weighted by Gasteiger charge is -2.07. The maximum absolute atomic E-state index is 11.9. The molecule has 1 N–H and O–H groups in total. The number of nitrogens with zero attached hydrogens (tertiary/aromatic N) is 1. The maximum Gasteiger partial charge on any atom is 0.255 e. The second-order valence-electron chi connectivity index (χ2n) is 3.59. The van der Waals surface area contributed by atoms with Crippen LogP contribution in [0.3, 0.4) is 0 Å². The first-order chi connectivity index (χ1) is 8.72. The Balaban J connectivity index is 2.29. The molecule has 0 aromatic heterocycles. The van der Waals surface area contributed by atoms with E-state index in [1.807, 2.05) is 12.1 Å². The van der Waals surface area contributed by atoms with E-state index >= 15 is 0 Å². The molecule has 0 heterocycles. The molecule has 1 amide bonds. The highest BCUT2D eigenvalue weighted by molar-refractivity contribution is 6.32. The Bertz CT molecular complexity index is 617. The van der Waals surface area contributed by atoms with Crippen molar-refractivity contribution in [2.75, 3.05) is 5.32 Å². The highest BCUT2D eigenvalue weighted by Gasteiger charge is 2.10. The number of rotatable bonds is 2. The topological polar surface area (TPSA) is 52.9 Å². The van der Waals surface area contributed by atoms with Gasteiger partial charge in [0.15, 0.2) is 0 Å². The molecule has 88 valence electrons. The Morgan fingerprint density at radius 3 is 2.50 bits per heavy atom. The second-order valence-corrected chi connectivity index (χ2v) is 4.00. The van der Waals surface area contributed by atoms with Crippen LogP contribution < -0.4 is 5.32 Å². The normalized spacial score (nSPS) is 9.56. The molecule has 2 aromatic rings. The Hall–Kier alpha value is -2.31. The van der Waals surface area contributed by atoms with Crippen LogP contribution >= 0.6 is 11.6 Å². The summed E-state index contributed by atoms with van der Waals surface area (Å²) in [6, 6.07) is 15.7. The highest BCUT2D eigenvalue weighted by atomic mass is 35.5. The number of carbonyl (C=O) groups is 1. The molecule has 0 saturated heterocycles. The lowest BCUT2D eigenvalue weighted by atomic mass is 10.1. The Labute approximate surface area is 110 Å². The van der Waals surface area contributed by atoms with Gasteiger partial charge in [-0.25, -0.2) is 0 Å². The standard InChI is InChI=1S/C14H9ClN2O/c15-12-7-4-8-13(11(12)9-16)17-14(18)10-5-2-1-3-6-10/h1-8H,(H,17,18). The fourth-order valence-corrected chi connectivity index (χ4v) is 1.74. The number of nitriles is 1. The Morgan fingerprint density at radius 2 is 1.83 bits per heavy atom. The molecule has 2 aromatic carbocycles. The largest absolute Gasteiger partial charge is 0.321 e. The summed E-state index contributed by atoms with van der Waals surface area (Å²) in [4.78, 5) is 11.9. The quantitative estimate of drug-likeness (QED) is 0.895. The SMILES string of the molecule is N#Cc1c(Cl)cccc1NC(=O)c1ccccc1. The fraction of sp³-hybridized carbons (Fsp3) is 0. The molecule has 0 aliphatic rings. The zero-order chi connectivity index (χ0) is 13.0. The van der Waals surface area contributed by atoms with Gasteiger partial charge >= 0.3 is 0 Å². The molecule has 3 nitrogen and oxygen atoms in total. The molecule has 0 atom stereocenters. The summed E-state index contributed by atoms with van der Waals surface area (Å²) >= 11 is 5.89. The Kier molecular flexibility index (Phi) is 3.61. The van der Waals surface area contributed by atoms with Gasteiger partial charge in [-0.1, -0.05) is 35.9 Å². The lowest BCUT2D eigenvalue weighted by Crippen LogP contribution is -2.12. The summed E-state index contributed by atoms with van der Waals surface area (Å²) in [5.41, 5.74) is 1.21. The molecule has 0 unspecified atom stereocenters. The summed E-state index contributed by atoms with van der Waals surface area (Å²) in [6.07, 6.45) is 0. The van der Waals surface area contributed by atoms with Crippen molar-refractivity contribution in [3.8, 4) is 6.07 Å². The van der Waals surface area contributed by atoms with Crippen molar-refractivity contribution in [2.45, 2.75) is 0 Å². The van der Waals surface area contributed by atoms with E-state index < -0.39 is 0 Å². The van der Waals surface area contributed by atoms with Crippen molar-refractivity contribution < 1.29 is 4.79 Å². The number of benzene rings is 2. The molecule has 0 fully saturated rings. The van der Waals surface area contributed by atoms with Crippen LogP contribution in [0.15, 0.2) is 48.5 Å². The van der Waals surface area contributed by atoms with E-state index in [1.54, 1.807) is 42.5 Å². The summed E-state index contributed by atoms with van der Waals surface area (Å²) in [6.45, 7) is 0. The van der Waals surface area contributed by atoms with Crippen LogP contribution in [-0.2, 0) is 0 Å². The number of anilines is 1. The van der Waals surface area contributed by atoms with Gasteiger partial charge in [-0.3, -0.25) is 4.79 Å².